The number of aryl methyl sites for hydroxylation is 1. The number of benzene rings is 2. The van der Waals surface area contributed by atoms with Gasteiger partial charge in [-0.05, 0) is 24.5 Å². The Morgan fingerprint density at radius 1 is 1.07 bits per heavy atom. The second-order valence-electron chi connectivity index (χ2n) is 7.92. The molecule has 0 unspecified atom stereocenters. The number of anilines is 1. The molecule has 1 amide bonds. The predicted octanol–water partition coefficient (Wildman–Crippen LogP) is 3.92. The average Bonchev–Trinajstić information content (AvgIpc) is 3.03. The highest BCUT2D eigenvalue weighted by molar-refractivity contribution is 7.92. The second kappa shape index (κ2) is 9.26. The Kier molecular flexibility index (Phi) is 6.72. The van der Waals surface area contributed by atoms with Gasteiger partial charge < -0.3 is 5.32 Å². The minimum Gasteiger partial charge on any atom is -0.310 e. The molecule has 6 nitrogen and oxygen atoms in total. The Bertz CT molecular complexity index is 1120. The number of carbonyl (C=O) groups is 1. The highest BCUT2D eigenvalue weighted by Crippen LogP contribution is 2.24. The van der Waals surface area contributed by atoms with Gasteiger partial charge in [0, 0.05) is 11.6 Å². The number of sulfone groups is 1. The third-order valence-corrected chi connectivity index (χ3v) is 6.35. The molecule has 1 N–H and O–H groups in total. The number of hydrogen-bond acceptors (Lipinski definition) is 4. The lowest BCUT2D eigenvalue weighted by Gasteiger charge is -2.10. The van der Waals surface area contributed by atoms with Gasteiger partial charge in [-0.1, -0.05) is 67.9 Å². The van der Waals surface area contributed by atoms with Crippen LogP contribution in [0, 0.1) is 12.8 Å². The van der Waals surface area contributed by atoms with E-state index in [9.17, 15) is 13.2 Å². The van der Waals surface area contributed by atoms with E-state index in [0.717, 1.165) is 22.4 Å². The first-order valence-electron chi connectivity index (χ1n) is 9.91. The summed E-state index contributed by atoms with van der Waals surface area (Å²) in [5.41, 5.74) is 3.79. The van der Waals surface area contributed by atoms with Gasteiger partial charge in [0.25, 0.3) is 0 Å². The zero-order chi connectivity index (χ0) is 21.7. The SMILES string of the molecule is Cc1cccc(-c2cc(NC(=O)CS(=O)(=O)CC(C)C)n(Cc3ccccc3)n2)c1. The van der Waals surface area contributed by atoms with Gasteiger partial charge in [-0.2, -0.15) is 5.10 Å². The van der Waals surface area contributed by atoms with Crippen molar-refractivity contribution in [1.29, 1.82) is 0 Å². The minimum absolute atomic E-state index is 0.0156. The van der Waals surface area contributed by atoms with Crippen molar-refractivity contribution in [3.8, 4) is 11.3 Å². The van der Waals surface area contributed by atoms with Crippen LogP contribution in [0.1, 0.15) is 25.0 Å². The molecule has 0 aliphatic rings. The van der Waals surface area contributed by atoms with E-state index >= 15 is 0 Å². The Morgan fingerprint density at radius 3 is 2.47 bits per heavy atom. The molecule has 0 atom stereocenters. The van der Waals surface area contributed by atoms with Gasteiger partial charge in [-0.15, -0.1) is 0 Å². The van der Waals surface area contributed by atoms with Gasteiger partial charge in [0.2, 0.25) is 5.91 Å². The van der Waals surface area contributed by atoms with Crippen LogP contribution >= 0.6 is 0 Å². The Labute approximate surface area is 177 Å². The van der Waals surface area contributed by atoms with E-state index in [4.69, 9.17) is 0 Å². The fourth-order valence-corrected chi connectivity index (χ4v) is 4.89. The van der Waals surface area contributed by atoms with Crippen LogP contribution in [0.5, 0.6) is 0 Å². The molecule has 1 aromatic heterocycles. The first-order chi connectivity index (χ1) is 14.2. The zero-order valence-electron chi connectivity index (χ0n) is 17.5. The van der Waals surface area contributed by atoms with E-state index in [1.807, 2.05) is 75.4 Å². The molecule has 0 bridgehead atoms. The maximum Gasteiger partial charge on any atom is 0.240 e. The van der Waals surface area contributed by atoms with E-state index < -0.39 is 21.5 Å². The number of nitrogens with one attached hydrogen (secondary N) is 1. The van der Waals surface area contributed by atoms with Crippen LogP contribution in [0.4, 0.5) is 5.82 Å². The quantitative estimate of drug-likeness (QED) is 0.593. The number of rotatable bonds is 8. The Hall–Kier alpha value is -2.93. The molecule has 1 heterocycles. The molecular formula is C23H27N3O3S. The van der Waals surface area contributed by atoms with Gasteiger partial charge in [0.15, 0.2) is 9.84 Å². The fraction of sp³-hybridized carbons (Fsp3) is 0.304. The van der Waals surface area contributed by atoms with Crippen molar-refractivity contribution in [2.24, 2.45) is 5.92 Å². The molecule has 0 spiro atoms. The van der Waals surface area contributed by atoms with E-state index in [0.29, 0.717) is 12.4 Å². The predicted molar refractivity (Wildman–Crippen MR) is 120 cm³/mol. The molecule has 0 fully saturated rings. The molecule has 158 valence electrons. The summed E-state index contributed by atoms with van der Waals surface area (Å²) in [6.45, 7) is 6.10. The summed E-state index contributed by atoms with van der Waals surface area (Å²) < 4.78 is 26.1. The molecule has 3 aromatic rings. The number of carbonyl (C=O) groups excluding carboxylic acids is 1. The van der Waals surface area contributed by atoms with Crippen molar-refractivity contribution < 1.29 is 13.2 Å². The first kappa shape index (κ1) is 21.8. The summed E-state index contributed by atoms with van der Waals surface area (Å²) in [7, 11) is -3.46. The average molecular weight is 426 g/mol. The molecule has 0 aliphatic heterocycles. The van der Waals surface area contributed by atoms with Crippen LogP contribution in [-0.2, 0) is 21.2 Å². The molecule has 0 saturated carbocycles. The number of aromatic nitrogens is 2. The summed E-state index contributed by atoms with van der Waals surface area (Å²) in [5, 5.41) is 7.41. The van der Waals surface area contributed by atoms with Gasteiger partial charge in [-0.3, -0.25) is 4.79 Å². The van der Waals surface area contributed by atoms with Crippen LogP contribution in [0.15, 0.2) is 60.7 Å². The molecular weight excluding hydrogens is 398 g/mol. The van der Waals surface area contributed by atoms with E-state index in [2.05, 4.69) is 10.4 Å². The zero-order valence-corrected chi connectivity index (χ0v) is 18.3. The van der Waals surface area contributed by atoms with Gasteiger partial charge >= 0.3 is 0 Å². The van der Waals surface area contributed by atoms with Crippen molar-refractivity contribution in [3.63, 3.8) is 0 Å². The fourth-order valence-electron chi connectivity index (χ4n) is 3.29. The van der Waals surface area contributed by atoms with Gasteiger partial charge in [-0.25, -0.2) is 13.1 Å². The molecule has 7 heteroatoms. The van der Waals surface area contributed by atoms with E-state index in [1.165, 1.54) is 0 Å². The topological polar surface area (TPSA) is 81.1 Å². The van der Waals surface area contributed by atoms with E-state index in [1.54, 1.807) is 10.7 Å². The van der Waals surface area contributed by atoms with Crippen LogP contribution < -0.4 is 5.32 Å². The largest absolute Gasteiger partial charge is 0.310 e. The normalized spacial score (nSPS) is 11.6. The molecule has 3 rings (SSSR count). The van der Waals surface area contributed by atoms with Crippen molar-refractivity contribution in [2.45, 2.75) is 27.3 Å². The maximum absolute atomic E-state index is 12.5. The summed E-state index contributed by atoms with van der Waals surface area (Å²) in [5.74, 6) is -0.667. The van der Waals surface area contributed by atoms with E-state index in [-0.39, 0.29) is 11.7 Å². The smallest absolute Gasteiger partial charge is 0.240 e. The molecule has 0 saturated heterocycles. The Morgan fingerprint density at radius 2 is 1.80 bits per heavy atom. The lowest BCUT2D eigenvalue weighted by molar-refractivity contribution is -0.113. The second-order valence-corrected chi connectivity index (χ2v) is 10.0. The summed E-state index contributed by atoms with van der Waals surface area (Å²) >= 11 is 0. The third kappa shape index (κ3) is 6.03. The summed E-state index contributed by atoms with van der Waals surface area (Å²) in [4.78, 5) is 12.5. The molecule has 2 aromatic carbocycles. The highest BCUT2D eigenvalue weighted by atomic mass is 32.2. The van der Waals surface area contributed by atoms with Crippen molar-refractivity contribution in [1.82, 2.24) is 9.78 Å². The maximum atomic E-state index is 12.5. The monoisotopic (exact) mass is 425 g/mol. The minimum atomic E-state index is -3.46. The van der Waals surface area contributed by atoms with Crippen molar-refractivity contribution in [3.05, 3.63) is 71.8 Å². The number of amides is 1. The van der Waals surface area contributed by atoms with Crippen molar-refractivity contribution in [2.75, 3.05) is 16.8 Å². The number of nitrogens with zero attached hydrogens (tertiary/aromatic N) is 2. The number of hydrogen-bond donors (Lipinski definition) is 1. The van der Waals surface area contributed by atoms with Crippen LogP contribution in [-0.4, -0.2) is 35.6 Å². The van der Waals surface area contributed by atoms with Gasteiger partial charge in [0.1, 0.15) is 11.6 Å². The lowest BCUT2D eigenvalue weighted by atomic mass is 10.1. The first-order valence-corrected chi connectivity index (χ1v) is 11.7. The Balaban J connectivity index is 1.88. The molecule has 0 radical (unpaired) electrons. The highest BCUT2D eigenvalue weighted by Gasteiger charge is 2.20. The van der Waals surface area contributed by atoms with Gasteiger partial charge in [0.05, 0.1) is 18.0 Å². The van der Waals surface area contributed by atoms with Crippen molar-refractivity contribution >= 4 is 21.6 Å². The summed E-state index contributed by atoms with van der Waals surface area (Å²) in [6.07, 6.45) is 0. The summed E-state index contributed by atoms with van der Waals surface area (Å²) in [6, 6.07) is 19.5. The standard InChI is InChI=1S/C23H27N3O3S/c1-17(2)15-30(28,29)16-23(27)24-22-13-21(20-11-7-8-18(3)12-20)25-26(22)14-19-9-5-4-6-10-19/h4-13,17H,14-16H2,1-3H3,(H,24,27). The van der Waals surface area contributed by atoms with Crippen LogP contribution in [0.3, 0.4) is 0 Å². The third-order valence-electron chi connectivity index (χ3n) is 4.47. The lowest BCUT2D eigenvalue weighted by Crippen LogP contribution is -2.27. The molecule has 30 heavy (non-hydrogen) atoms. The molecule has 0 aliphatic carbocycles. The van der Waals surface area contributed by atoms with Crippen LogP contribution in [0.2, 0.25) is 0 Å². The van der Waals surface area contributed by atoms with Crippen LogP contribution in [0.25, 0.3) is 11.3 Å².